The van der Waals surface area contributed by atoms with E-state index < -0.39 is 0 Å². The molecule has 1 rings (SSSR count). The first-order chi connectivity index (χ1) is 4.33. The molecule has 0 unspecified atom stereocenters. The van der Waals surface area contributed by atoms with Crippen LogP contribution in [0.3, 0.4) is 0 Å². The Morgan fingerprint density at radius 3 is 2.78 bits per heavy atom. The van der Waals surface area contributed by atoms with E-state index in [9.17, 15) is 0 Å². The van der Waals surface area contributed by atoms with E-state index in [1.54, 1.807) is 6.92 Å². The van der Waals surface area contributed by atoms with Gasteiger partial charge in [-0.2, -0.15) is 0 Å². The molecule has 0 atom stereocenters. The predicted octanol–water partition coefficient (Wildman–Crippen LogP) is -0.151. The van der Waals surface area contributed by atoms with Gasteiger partial charge >= 0.3 is 0 Å². The van der Waals surface area contributed by atoms with Crippen LogP contribution in [-0.2, 0) is 6.32 Å². The third kappa shape index (κ3) is 1.49. The highest BCUT2D eigenvalue weighted by Crippen LogP contribution is 1.86. The van der Waals surface area contributed by atoms with Gasteiger partial charge in [-0.1, -0.05) is 0 Å². The standard InChI is InChI=1S/C5H6BN3/c1-4-7-3-8-5(2-6)9-4/h3H,2H2,1H3. The van der Waals surface area contributed by atoms with Crippen LogP contribution >= 0.6 is 0 Å². The molecule has 1 aromatic rings. The van der Waals surface area contributed by atoms with Gasteiger partial charge in [0.2, 0.25) is 0 Å². The van der Waals surface area contributed by atoms with Gasteiger partial charge in [0.05, 0.1) is 7.85 Å². The maximum atomic E-state index is 5.27. The lowest BCUT2D eigenvalue weighted by atomic mass is 10.1. The summed E-state index contributed by atoms with van der Waals surface area (Å²) in [5, 5.41) is 0. The number of nitrogens with zero attached hydrogens (tertiary/aromatic N) is 3. The largest absolute Gasteiger partial charge is 0.222 e. The van der Waals surface area contributed by atoms with Crippen molar-refractivity contribution in [3.05, 3.63) is 18.0 Å². The summed E-state index contributed by atoms with van der Waals surface area (Å²) in [6.07, 6.45) is 1.84. The first-order valence-corrected chi connectivity index (χ1v) is 2.67. The summed E-state index contributed by atoms with van der Waals surface area (Å²) in [6, 6.07) is 0. The molecule has 0 saturated carbocycles. The minimum atomic E-state index is 0.378. The van der Waals surface area contributed by atoms with Gasteiger partial charge in [0.25, 0.3) is 0 Å². The second-order valence-electron chi connectivity index (χ2n) is 1.65. The van der Waals surface area contributed by atoms with Gasteiger partial charge in [-0.15, -0.1) is 0 Å². The SMILES string of the molecule is [B]Cc1ncnc(C)n1. The molecule has 44 valence electrons. The summed E-state index contributed by atoms with van der Waals surface area (Å²) in [4.78, 5) is 11.6. The molecule has 3 nitrogen and oxygen atoms in total. The molecule has 0 saturated heterocycles. The van der Waals surface area contributed by atoms with E-state index in [1.807, 2.05) is 0 Å². The maximum absolute atomic E-state index is 5.27. The molecule has 0 spiro atoms. The highest BCUT2D eigenvalue weighted by atomic mass is 15.0. The van der Waals surface area contributed by atoms with Crippen LogP contribution in [0.15, 0.2) is 6.33 Å². The zero-order valence-corrected chi connectivity index (χ0v) is 5.20. The number of rotatable bonds is 1. The molecule has 2 radical (unpaired) electrons. The van der Waals surface area contributed by atoms with Crippen molar-refractivity contribution in [2.75, 3.05) is 0 Å². The van der Waals surface area contributed by atoms with Gasteiger partial charge in [0.1, 0.15) is 18.0 Å². The summed E-state index contributed by atoms with van der Waals surface area (Å²) in [5.41, 5.74) is 0. The van der Waals surface area contributed by atoms with Gasteiger partial charge in [-0.3, -0.25) is 0 Å². The summed E-state index contributed by atoms with van der Waals surface area (Å²) in [7, 11) is 5.27. The van der Waals surface area contributed by atoms with Crippen LogP contribution in [0.5, 0.6) is 0 Å². The Kier molecular flexibility index (Phi) is 1.77. The van der Waals surface area contributed by atoms with Crippen molar-refractivity contribution < 1.29 is 0 Å². The lowest BCUT2D eigenvalue weighted by Crippen LogP contribution is -1.97. The topological polar surface area (TPSA) is 38.7 Å². The molecule has 0 fully saturated rings. The van der Waals surface area contributed by atoms with Crippen LogP contribution < -0.4 is 0 Å². The van der Waals surface area contributed by atoms with Crippen LogP contribution in [-0.4, -0.2) is 22.8 Å². The minimum absolute atomic E-state index is 0.378. The fourth-order valence-corrected chi connectivity index (χ4v) is 0.522. The summed E-state index contributed by atoms with van der Waals surface area (Å²) >= 11 is 0. The molecule has 0 aliphatic carbocycles. The Morgan fingerprint density at radius 2 is 2.33 bits per heavy atom. The van der Waals surface area contributed by atoms with Crippen molar-refractivity contribution in [1.29, 1.82) is 0 Å². The summed E-state index contributed by atoms with van der Waals surface area (Å²) in [6.45, 7) is 1.81. The quantitative estimate of drug-likeness (QED) is 0.482. The van der Waals surface area contributed by atoms with Crippen LogP contribution in [0, 0.1) is 6.92 Å². The maximum Gasteiger partial charge on any atom is 0.129 e. The Labute approximate surface area is 55.0 Å². The molecule has 0 aliphatic rings. The van der Waals surface area contributed by atoms with Crippen molar-refractivity contribution in [2.45, 2.75) is 13.2 Å². The number of aromatic nitrogens is 3. The Hall–Kier alpha value is -0.925. The van der Waals surface area contributed by atoms with Crippen molar-refractivity contribution in [2.24, 2.45) is 0 Å². The van der Waals surface area contributed by atoms with E-state index in [4.69, 9.17) is 7.85 Å². The predicted molar refractivity (Wildman–Crippen MR) is 34.0 cm³/mol. The number of hydrogen-bond donors (Lipinski definition) is 0. The third-order valence-corrected chi connectivity index (χ3v) is 0.925. The molecule has 0 N–H and O–H groups in total. The summed E-state index contributed by atoms with van der Waals surface area (Å²) < 4.78 is 0. The molecule has 0 bridgehead atoms. The molecule has 0 amide bonds. The van der Waals surface area contributed by atoms with Crippen molar-refractivity contribution >= 4 is 7.85 Å². The van der Waals surface area contributed by atoms with Gasteiger partial charge in [-0.05, 0) is 13.2 Å². The first-order valence-electron chi connectivity index (χ1n) is 2.67. The zero-order valence-electron chi connectivity index (χ0n) is 5.20. The number of hydrogen-bond acceptors (Lipinski definition) is 3. The van der Waals surface area contributed by atoms with Crippen molar-refractivity contribution in [3.63, 3.8) is 0 Å². The van der Waals surface area contributed by atoms with Gasteiger partial charge in [0.15, 0.2) is 0 Å². The molecule has 9 heavy (non-hydrogen) atoms. The third-order valence-electron chi connectivity index (χ3n) is 0.925. The molecule has 4 heteroatoms. The Bertz CT molecular complexity index is 201. The molecular formula is C5H6BN3. The highest BCUT2D eigenvalue weighted by Gasteiger charge is 1.90. The van der Waals surface area contributed by atoms with Gasteiger partial charge < -0.3 is 0 Å². The van der Waals surface area contributed by atoms with Crippen LogP contribution in [0.2, 0.25) is 0 Å². The van der Waals surface area contributed by atoms with Crippen molar-refractivity contribution in [3.8, 4) is 0 Å². The van der Waals surface area contributed by atoms with E-state index in [2.05, 4.69) is 15.0 Å². The Morgan fingerprint density at radius 1 is 1.56 bits per heavy atom. The van der Waals surface area contributed by atoms with Gasteiger partial charge in [-0.25, -0.2) is 15.0 Å². The fourth-order valence-electron chi connectivity index (χ4n) is 0.522. The fraction of sp³-hybridized carbons (Fsp3) is 0.400. The molecule has 0 aromatic carbocycles. The summed E-state index contributed by atoms with van der Waals surface area (Å²) in [5.74, 6) is 1.35. The number of aryl methyl sites for hydroxylation is 1. The average molecular weight is 119 g/mol. The van der Waals surface area contributed by atoms with Crippen LogP contribution in [0.4, 0.5) is 0 Å². The van der Waals surface area contributed by atoms with E-state index in [-0.39, 0.29) is 0 Å². The van der Waals surface area contributed by atoms with Crippen LogP contribution in [0.25, 0.3) is 0 Å². The smallest absolute Gasteiger partial charge is 0.129 e. The molecule has 1 heterocycles. The van der Waals surface area contributed by atoms with Crippen LogP contribution in [0.1, 0.15) is 11.6 Å². The molecular weight excluding hydrogens is 113 g/mol. The van der Waals surface area contributed by atoms with E-state index in [1.165, 1.54) is 6.33 Å². The normalized spacial score (nSPS) is 9.44. The second kappa shape index (κ2) is 2.57. The molecule has 0 aliphatic heterocycles. The second-order valence-corrected chi connectivity index (χ2v) is 1.65. The lowest BCUT2D eigenvalue weighted by molar-refractivity contribution is 0.908. The van der Waals surface area contributed by atoms with E-state index in [0.29, 0.717) is 18.0 Å². The molecule has 1 aromatic heterocycles. The first kappa shape index (κ1) is 6.20. The minimum Gasteiger partial charge on any atom is -0.222 e. The average Bonchev–Trinajstić information content (AvgIpc) is 1.88. The zero-order chi connectivity index (χ0) is 6.69. The monoisotopic (exact) mass is 119 g/mol. The van der Waals surface area contributed by atoms with E-state index >= 15 is 0 Å². The highest BCUT2D eigenvalue weighted by molar-refractivity contribution is 6.07. The van der Waals surface area contributed by atoms with Crippen molar-refractivity contribution in [1.82, 2.24) is 15.0 Å². The van der Waals surface area contributed by atoms with E-state index in [0.717, 1.165) is 0 Å². The lowest BCUT2D eigenvalue weighted by Gasteiger charge is -1.92. The van der Waals surface area contributed by atoms with Gasteiger partial charge in [0, 0.05) is 0 Å². The Balaban J connectivity index is 2.94.